The van der Waals surface area contributed by atoms with Crippen molar-refractivity contribution in [1.29, 1.82) is 0 Å². The van der Waals surface area contributed by atoms with E-state index in [4.69, 9.17) is 19.0 Å². The molecule has 1 aliphatic carbocycles. The van der Waals surface area contributed by atoms with Crippen molar-refractivity contribution in [3.05, 3.63) is 59.3 Å². The normalized spacial score (nSPS) is 16.0. The Kier molecular flexibility index (Phi) is 9.35. The summed E-state index contributed by atoms with van der Waals surface area (Å²) < 4.78 is 20.3. The highest BCUT2D eigenvalue weighted by molar-refractivity contribution is 8.00. The lowest BCUT2D eigenvalue weighted by Gasteiger charge is -2.23. The van der Waals surface area contributed by atoms with Crippen LogP contribution in [0, 0.1) is 13.8 Å². The Hall–Kier alpha value is -3.30. The average Bonchev–Trinajstić information content (AvgIpc) is 3.66. The number of carbonyl (C=O) groups is 1. The van der Waals surface area contributed by atoms with Crippen LogP contribution in [0.25, 0.3) is 11.1 Å². The summed E-state index contributed by atoms with van der Waals surface area (Å²) >= 11 is 1.48. The monoisotopic (exact) mass is 576 g/mol. The lowest BCUT2D eigenvalue weighted by Crippen LogP contribution is -2.40. The molecule has 1 fully saturated rings. The summed E-state index contributed by atoms with van der Waals surface area (Å²) in [5.74, 6) is 2.51. The number of carbonyl (C=O) groups excluding carboxylic acids is 1. The average molecular weight is 577 g/mol. The number of benzene rings is 2. The molecule has 1 N–H and O–H groups in total. The number of aryl methyl sites for hydroxylation is 1. The summed E-state index contributed by atoms with van der Waals surface area (Å²) in [6.45, 7) is 7.48. The molecule has 218 valence electrons. The number of amides is 1. The van der Waals surface area contributed by atoms with Crippen LogP contribution >= 0.6 is 11.9 Å². The topological polar surface area (TPSA) is 89.2 Å². The van der Waals surface area contributed by atoms with E-state index in [1.54, 1.807) is 7.11 Å². The van der Waals surface area contributed by atoms with Crippen molar-refractivity contribution in [2.24, 2.45) is 4.99 Å². The molecule has 9 heteroatoms. The summed E-state index contributed by atoms with van der Waals surface area (Å²) in [6.07, 6.45) is 6.79. The molecule has 0 radical (unpaired) electrons. The van der Waals surface area contributed by atoms with Gasteiger partial charge in [0.2, 0.25) is 5.88 Å². The molecule has 1 aliphatic heterocycles. The lowest BCUT2D eigenvalue weighted by molar-refractivity contribution is -0.131. The molecule has 0 atom stereocenters. The Morgan fingerprint density at radius 3 is 2.63 bits per heavy atom. The van der Waals surface area contributed by atoms with E-state index in [0.29, 0.717) is 25.6 Å². The van der Waals surface area contributed by atoms with Crippen molar-refractivity contribution >= 4 is 29.6 Å². The van der Waals surface area contributed by atoms with Crippen LogP contribution in [0.4, 0.5) is 5.88 Å². The van der Waals surface area contributed by atoms with Gasteiger partial charge in [-0.15, -0.1) is 0 Å². The van der Waals surface area contributed by atoms with Crippen LogP contribution in [0.1, 0.15) is 68.7 Å². The Labute approximate surface area is 247 Å². The maximum atomic E-state index is 13.7. The second-order valence-electron chi connectivity index (χ2n) is 10.9. The lowest BCUT2D eigenvalue weighted by atomic mass is 9.98. The fraction of sp³-hybridized carbons (Fsp3) is 0.469. The Morgan fingerprint density at radius 2 is 1.90 bits per heavy atom. The van der Waals surface area contributed by atoms with Gasteiger partial charge in [0.25, 0.3) is 5.91 Å². The van der Waals surface area contributed by atoms with Crippen molar-refractivity contribution in [3.63, 3.8) is 0 Å². The largest absolute Gasteiger partial charge is 0.491 e. The maximum Gasteiger partial charge on any atom is 0.256 e. The minimum absolute atomic E-state index is 0.165. The van der Waals surface area contributed by atoms with Crippen molar-refractivity contribution in [2.75, 3.05) is 25.0 Å². The first kappa shape index (κ1) is 29.2. The van der Waals surface area contributed by atoms with Gasteiger partial charge >= 0.3 is 0 Å². The molecule has 2 heterocycles. The van der Waals surface area contributed by atoms with Crippen molar-refractivity contribution in [2.45, 2.75) is 82.7 Å². The zero-order valence-corrected chi connectivity index (χ0v) is 25.3. The first-order valence-electron chi connectivity index (χ1n) is 14.6. The highest BCUT2D eigenvalue weighted by Crippen LogP contribution is 2.41. The van der Waals surface area contributed by atoms with Gasteiger partial charge in [-0.05, 0) is 62.8 Å². The molecular weight excluding hydrogens is 536 g/mol. The van der Waals surface area contributed by atoms with Crippen LogP contribution in [-0.2, 0) is 16.1 Å². The number of aliphatic imine (C=N–C) groups is 1. The predicted octanol–water partition coefficient (Wildman–Crippen LogP) is 7.35. The van der Waals surface area contributed by atoms with Gasteiger partial charge in [0.1, 0.15) is 23.7 Å². The highest BCUT2D eigenvalue weighted by atomic mass is 32.2. The van der Waals surface area contributed by atoms with Crippen LogP contribution in [0.3, 0.4) is 0 Å². The number of hydrogen-bond donors (Lipinski definition) is 1. The highest BCUT2D eigenvalue weighted by Gasteiger charge is 2.49. The number of rotatable bonds is 13. The van der Waals surface area contributed by atoms with Gasteiger partial charge in [-0.25, -0.2) is 0 Å². The first-order valence-corrected chi connectivity index (χ1v) is 15.4. The summed E-state index contributed by atoms with van der Waals surface area (Å²) in [5, 5.41) is 4.05. The van der Waals surface area contributed by atoms with Gasteiger partial charge in [0, 0.05) is 35.1 Å². The van der Waals surface area contributed by atoms with E-state index < -0.39 is 5.54 Å². The number of unbranched alkanes of at least 4 members (excludes halogenated alkanes) is 1. The van der Waals surface area contributed by atoms with E-state index in [2.05, 4.69) is 47.1 Å². The van der Waals surface area contributed by atoms with Gasteiger partial charge < -0.3 is 14.0 Å². The molecule has 41 heavy (non-hydrogen) atoms. The fourth-order valence-corrected chi connectivity index (χ4v) is 6.34. The number of ether oxygens (including phenoxy) is 2. The molecule has 5 rings (SSSR count). The number of hydrogen-bond acceptors (Lipinski definition) is 8. The maximum absolute atomic E-state index is 13.7. The molecule has 3 aromatic rings. The van der Waals surface area contributed by atoms with Gasteiger partial charge in [-0.2, -0.15) is 0 Å². The predicted molar refractivity (Wildman–Crippen MR) is 163 cm³/mol. The smallest absolute Gasteiger partial charge is 0.256 e. The van der Waals surface area contributed by atoms with Gasteiger partial charge in [0.05, 0.1) is 18.8 Å². The molecule has 1 spiro atoms. The molecule has 8 nitrogen and oxygen atoms in total. The quantitative estimate of drug-likeness (QED) is 0.168. The number of anilines is 1. The van der Waals surface area contributed by atoms with E-state index >= 15 is 0 Å². The van der Waals surface area contributed by atoms with Crippen LogP contribution in [0.5, 0.6) is 5.75 Å². The van der Waals surface area contributed by atoms with E-state index in [1.165, 1.54) is 11.9 Å². The number of amidine groups is 1. The molecule has 0 unspecified atom stereocenters. The minimum atomic E-state index is -0.537. The summed E-state index contributed by atoms with van der Waals surface area (Å²) in [5.41, 5.74) is 4.34. The SMILES string of the molecule is CCCCC1=NC2(CCCC2)C(=O)N1Cc1ccc(-c2ccccc2SNc2onc(C)c2C)c(OCCOC)c1. The minimum Gasteiger partial charge on any atom is -0.491 e. The van der Waals surface area contributed by atoms with E-state index in [-0.39, 0.29) is 5.91 Å². The zero-order valence-electron chi connectivity index (χ0n) is 24.5. The third kappa shape index (κ3) is 6.31. The molecule has 2 aliphatic rings. The molecule has 2 aromatic carbocycles. The van der Waals surface area contributed by atoms with E-state index in [9.17, 15) is 4.79 Å². The molecule has 1 amide bonds. The number of nitrogens with one attached hydrogen (secondary N) is 1. The standard InChI is InChI=1S/C32H40N4O4S/c1-5-6-13-29-33-32(16-9-10-17-32)31(37)36(29)21-24-14-15-25(27(20-24)39-19-18-38-4)26-11-7-8-12-28(26)41-35-30-22(2)23(3)34-40-30/h7-8,11-12,14-15,20,35H,5-6,9-10,13,16-19,21H2,1-4H3. The third-order valence-electron chi connectivity index (χ3n) is 8.00. The van der Waals surface area contributed by atoms with Crippen molar-refractivity contribution < 1.29 is 18.8 Å². The van der Waals surface area contributed by atoms with Crippen LogP contribution in [0.15, 0.2) is 56.9 Å². The van der Waals surface area contributed by atoms with E-state index in [0.717, 1.165) is 89.4 Å². The Morgan fingerprint density at radius 1 is 1.10 bits per heavy atom. The second-order valence-corrected chi connectivity index (χ2v) is 11.7. The van der Waals surface area contributed by atoms with Crippen LogP contribution in [-0.4, -0.2) is 47.7 Å². The number of aromatic nitrogens is 1. The second kappa shape index (κ2) is 13.1. The Balaban J connectivity index is 1.42. The molecule has 0 saturated heterocycles. The first-order chi connectivity index (χ1) is 20.0. The molecule has 0 bridgehead atoms. The van der Waals surface area contributed by atoms with Crippen LogP contribution in [0.2, 0.25) is 0 Å². The summed E-state index contributed by atoms with van der Waals surface area (Å²) in [6, 6.07) is 14.4. The van der Waals surface area contributed by atoms with Crippen molar-refractivity contribution in [1.82, 2.24) is 10.1 Å². The number of nitrogens with zero attached hydrogens (tertiary/aromatic N) is 3. The number of methoxy groups -OCH3 is 1. The summed E-state index contributed by atoms with van der Waals surface area (Å²) in [7, 11) is 1.67. The molecular formula is C32H40N4O4S. The van der Waals surface area contributed by atoms with Crippen LogP contribution < -0.4 is 9.46 Å². The van der Waals surface area contributed by atoms with Crippen molar-refractivity contribution in [3.8, 4) is 16.9 Å². The molecule has 1 saturated carbocycles. The van der Waals surface area contributed by atoms with E-state index in [1.807, 2.05) is 30.9 Å². The third-order valence-corrected chi connectivity index (χ3v) is 8.87. The molecule has 1 aromatic heterocycles. The van der Waals surface area contributed by atoms with Gasteiger partial charge in [-0.1, -0.05) is 61.7 Å². The fourth-order valence-electron chi connectivity index (χ4n) is 5.51. The van der Waals surface area contributed by atoms with Gasteiger partial charge in [0.15, 0.2) is 0 Å². The zero-order chi connectivity index (χ0) is 28.8. The Bertz CT molecular complexity index is 1400. The van der Waals surface area contributed by atoms with Gasteiger partial charge in [-0.3, -0.25) is 19.4 Å². The summed E-state index contributed by atoms with van der Waals surface area (Å²) in [4.78, 5) is 21.7.